The maximum Gasteiger partial charge on any atom is 0.0417 e. The first-order chi connectivity index (χ1) is 8.56. The molecule has 0 saturated heterocycles. The summed E-state index contributed by atoms with van der Waals surface area (Å²) in [4.78, 5) is 2.27. The average molecular weight is 343 g/mol. The second-order valence-electron chi connectivity index (χ2n) is 4.03. The fourth-order valence-electron chi connectivity index (χ4n) is 1.63. The zero-order chi connectivity index (χ0) is 13.1. The molecule has 2 aromatic rings. The van der Waals surface area contributed by atoms with Gasteiger partial charge in [-0.3, -0.25) is 0 Å². The second kappa shape index (κ2) is 6.11. The lowest BCUT2D eigenvalue weighted by atomic mass is 10.1. The number of benzene rings is 2. The molecular formula is C14H13BrClNS. The molecule has 1 unspecified atom stereocenters. The summed E-state index contributed by atoms with van der Waals surface area (Å²) < 4.78 is 1.05. The molecule has 2 N–H and O–H groups in total. The van der Waals surface area contributed by atoms with Gasteiger partial charge in [-0.1, -0.05) is 51.4 Å². The monoisotopic (exact) mass is 341 g/mol. The van der Waals surface area contributed by atoms with E-state index < -0.39 is 0 Å². The molecule has 94 valence electrons. The van der Waals surface area contributed by atoms with Gasteiger partial charge >= 0.3 is 0 Å². The summed E-state index contributed by atoms with van der Waals surface area (Å²) >= 11 is 11.2. The third-order valence-corrected chi connectivity index (χ3v) is 4.28. The first-order valence-electron chi connectivity index (χ1n) is 5.54. The van der Waals surface area contributed by atoms with Crippen molar-refractivity contribution in [3.63, 3.8) is 0 Å². The molecule has 1 nitrogen and oxygen atoms in total. The lowest BCUT2D eigenvalue weighted by Crippen LogP contribution is -2.06. The van der Waals surface area contributed by atoms with Crippen molar-refractivity contribution in [2.24, 2.45) is 5.73 Å². The van der Waals surface area contributed by atoms with Gasteiger partial charge in [0.25, 0.3) is 0 Å². The molecule has 2 rings (SSSR count). The molecule has 0 saturated carbocycles. The summed E-state index contributed by atoms with van der Waals surface area (Å²) in [6, 6.07) is 14.0. The van der Waals surface area contributed by atoms with Crippen molar-refractivity contribution in [3.8, 4) is 0 Å². The van der Waals surface area contributed by atoms with Crippen molar-refractivity contribution in [1.82, 2.24) is 0 Å². The van der Waals surface area contributed by atoms with Crippen molar-refractivity contribution in [3.05, 3.63) is 57.5 Å². The molecule has 0 fully saturated rings. The maximum absolute atomic E-state index is 6.00. The molecule has 0 bridgehead atoms. The van der Waals surface area contributed by atoms with E-state index in [9.17, 15) is 0 Å². The fourth-order valence-corrected chi connectivity index (χ4v) is 3.54. The Morgan fingerprint density at radius 2 is 2.00 bits per heavy atom. The zero-order valence-corrected chi connectivity index (χ0v) is 13.0. The van der Waals surface area contributed by atoms with Gasteiger partial charge in [0.15, 0.2) is 0 Å². The lowest BCUT2D eigenvalue weighted by molar-refractivity contribution is 0.797. The van der Waals surface area contributed by atoms with E-state index in [2.05, 4.69) is 28.1 Å². The molecular weight excluding hydrogens is 330 g/mol. The number of hydrogen-bond acceptors (Lipinski definition) is 2. The first-order valence-corrected chi connectivity index (χ1v) is 7.53. The van der Waals surface area contributed by atoms with E-state index in [4.69, 9.17) is 17.3 Å². The van der Waals surface area contributed by atoms with Crippen LogP contribution in [0, 0.1) is 0 Å². The van der Waals surface area contributed by atoms with Crippen LogP contribution in [0.4, 0.5) is 0 Å². The summed E-state index contributed by atoms with van der Waals surface area (Å²) in [6.45, 7) is 1.99. The third kappa shape index (κ3) is 3.51. The first kappa shape index (κ1) is 13.9. The highest BCUT2D eigenvalue weighted by Gasteiger charge is 2.09. The van der Waals surface area contributed by atoms with E-state index in [-0.39, 0.29) is 6.04 Å². The van der Waals surface area contributed by atoms with Gasteiger partial charge in [-0.25, -0.2) is 0 Å². The van der Waals surface area contributed by atoms with Crippen molar-refractivity contribution in [2.45, 2.75) is 22.8 Å². The van der Waals surface area contributed by atoms with Gasteiger partial charge in [0, 0.05) is 25.3 Å². The van der Waals surface area contributed by atoms with E-state index in [0.717, 1.165) is 24.8 Å². The van der Waals surface area contributed by atoms with Gasteiger partial charge in [0.1, 0.15) is 0 Å². The Morgan fingerprint density at radius 3 is 2.67 bits per heavy atom. The van der Waals surface area contributed by atoms with E-state index in [1.54, 1.807) is 11.8 Å². The van der Waals surface area contributed by atoms with Crippen LogP contribution in [-0.4, -0.2) is 0 Å². The third-order valence-electron chi connectivity index (χ3n) is 2.49. The molecule has 0 aliphatic heterocycles. The molecule has 4 heteroatoms. The minimum Gasteiger partial charge on any atom is -0.324 e. The molecule has 18 heavy (non-hydrogen) atoms. The fraction of sp³-hybridized carbons (Fsp3) is 0.143. The minimum absolute atomic E-state index is 0.0137. The van der Waals surface area contributed by atoms with Crippen LogP contribution in [0.15, 0.2) is 56.7 Å². The Hall–Kier alpha value is -0.480. The molecule has 0 amide bonds. The average Bonchev–Trinajstić information content (AvgIpc) is 2.28. The van der Waals surface area contributed by atoms with Crippen LogP contribution < -0.4 is 5.73 Å². The smallest absolute Gasteiger partial charge is 0.0417 e. The molecule has 0 aromatic heterocycles. The summed E-state index contributed by atoms with van der Waals surface area (Å²) in [5.41, 5.74) is 7.14. The standard InChI is InChI=1S/C14H13BrClNS/c1-9(17)13-6-5-10(15)7-14(13)18-12-4-2-3-11(16)8-12/h2-9H,17H2,1H3. The molecule has 0 radical (unpaired) electrons. The predicted molar refractivity (Wildman–Crippen MR) is 82.3 cm³/mol. The Kier molecular flexibility index (Phi) is 4.73. The SMILES string of the molecule is CC(N)c1ccc(Br)cc1Sc1cccc(Cl)c1. The Balaban J connectivity index is 2.36. The van der Waals surface area contributed by atoms with Crippen LogP contribution in [-0.2, 0) is 0 Å². The molecule has 1 atom stereocenters. The summed E-state index contributed by atoms with van der Waals surface area (Å²) in [7, 11) is 0. The number of halogens is 2. The van der Waals surface area contributed by atoms with Crippen LogP contribution in [0.3, 0.4) is 0 Å². The summed E-state index contributed by atoms with van der Waals surface area (Å²) in [5, 5.41) is 0.748. The van der Waals surface area contributed by atoms with Crippen molar-refractivity contribution in [2.75, 3.05) is 0 Å². The topological polar surface area (TPSA) is 26.0 Å². The van der Waals surface area contributed by atoms with Gasteiger partial charge < -0.3 is 5.73 Å². The number of hydrogen-bond donors (Lipinski definition) is 1. The van der Waals surface area contributed by atoms with Gasteiger partial charge in [0.05, 0.1) is 0 Å². The van der Waals surface area contributed by atoms with Gasteiger partial charge in [-0.2, -0.15) is 0 Å². The van der Waals surface area contributed by atoms with Crippen LogP contribution in [0.5, 0.6) is 0 Å². The van der Waals surface area contributed by atoms with Crippen LogP contribution in [0.2, 0.25) is 5.02 Å². The van der Waals surface area contributed by atoms with Gasteiger partial charge in [0.2, 0.25) is 0 Å². The predicted octanol–water partition coefficient (Wildman–Crippen LogP) is 5.27. The molecule has 0 spiro atoms. The molecule has 0 heterocycles. The van der Waals surface area contributed by atoms with Gasteiger partial charge in [-0.05, 0) is 42.8 Å². The van der Waals surface area contributed by atoms with Crippen molar-refractivity contribution in [1.29, 1.82) is 0 Å². The normalized spacial score (nSPS) is 12.4. The Bertz CT molecular complexity index is 557. The van der Waals surface area contributed by atoms with Crippen LogP contribution in [0.1, 0.15) is 18.5 Å². The van der Waals surface area contributed by atoms with E-state index in [1.165, 1.54) is 0 Å². The lowest BCUT2D eigenvalue weighted by Gasteiger charge is -2.13. The van der Waals surface area contributed by atoms with E-state index in [1.807, 2.05) is 37.3 Å². The quantitative estimate of drug-likeness (QED) is 0.822. The molecule has 2 aromatic carbocycles. The van der Waals surface area contributed by atoms with Crippen molar-refractivity contribution >= 4 is 39.3 Å². The van der Waals surface area contributed by atoms with Crippen LogP contribution >= 0.6 is 39.3 Å². The van der Waals surface area contributed by atoms with E-state index in [0.29, 0.717) is 0 Å². The number of nitrogens with two attached hydrogens (primary N) is 1. The summed E-state index contributed by atoms with van der Waals surface area (Å²) in [5.74, 6) is 0. The minimum atomic E-state index is 0.0137. The highest BCUT2D eigenvalue weighted by Crippen LogP contribution is 2.35. The van der Waals surface area contributed by atoms with E-state index >= 15 is 0 Å². The molecule has 0 aliphatic rings. The zero-order valence-electron chi connectivity index (χ0n) is 9.86. The van der Waals surface area contributed by atoms with Crippen LogP contribution in [0.25, 0.3) is 0 Å². The Labute approximate surface area is 125 Å². The summed E-state index contributed by atoms with van der Waals surface area (Å²) in [6.07, 6.45) is 0. The highest BCUT2D eigenvalue weighted by atomic mass is 79.9. The van der Waals surface area contributed by atoms with Crippen molar-refractivity contribution < 1.29 is 0 Å². The highest BCUT2D eigenvalue weighted by molar-refractivity contribution is 9.10. The largest absolute Gasteiger partial charge is 0.324 e. The maximum atomic E-state index is 6.00. The Morgan fingerprint density at radius 1 is 1.22 bits per heavy atom. The molecule has 0 aliphatic carbocycles. The second-order valence-corrected chi connectivity index (χ2v) is 6.50. The number of rotatable bonds is 3. The van der Waals surface area contributed by atoms with Gasteiger partial charge in [-0.15, -0.1) is 0 Å².